The van der Waals surface area contributed by atoms with E-state index in [1.165, 1.54) is 12.3 Å². The normalized spacial score (nSPS) is 15.0. The summed E-state index contributed by atoms with van der Waals surface area (Å²) in [4.78, 5) is 23.7. The van der Waals surface area contributed by atoms with Crippen molar-refractivity contribution in [2.45, 2.75) is 0 Å². The molecule has 7 heteroatoms. The largest absolute Gasteiger partial charge is 0.367 e. The molecule has 0 radical (unpaired) electrons. The van der Waals surface area contributed by atoms with Gasteiger partial charge >= 0.3 is 0 Å². The number of hydrogen-bond donors (Lipinski definition) is 0. The van der Waals surface area contributed by atoms with Gasteiger partial charge in [0.25, 0.3) is 5.91 Å². The molecule has 114 valence electrons. The molecule has 0 aromatic carbocycles. The van der Waals surface area contributed by atoms with Crippen LogP contribution in [0.25, 0.3) is 0 Å². The second-order valence-electron chi connectivity index (χ2n) is 4.96. The van der Waals surface area contributed by atoms with Gasteiger partial charge in [-0.25, -0.2) is 4.39 Å². The number of carbonyl (C=O) groups excluding carboxylic acids is 1. The SMILES string of the molecule is O=C(c1ccncc1F)N1CCN(c2ccncc2Cl)CC1. The van der Waals surface area contributed by atoms with E-state index >= 15 is 0 Å². The van der Waals surface area contributed by atoms with E-state index in [0.29, 0.717) is 31.2 Å². The maximum Gasteiger partial charge on any atom is 0.257 e. The molecule has 1 aliphatic rings. The Morgan fingerprint density at radius 3 is 2.45 bits per heavy atom. The van der Waals surface area contributed by atoms with Gasteiger partial charge in [-0.05, 0) is 12.1 Å². The molecule has 0 atom stereocenters. The van der Waals surface area contributed by atoms with Crippen molar-refractivity contribution in [3.8, 4) is 0 Å². The molecule has 0 spiro atoms. The quantitative estimate of drug-likeness (QED) is 0.851. The number of rotatable bonds is 2. The Kier molecular flexibility index (Phi) is 4.20. The first-order chi connectivity index (χ1) is 10.7. The van der Waals surface area contributed by atoms with E-state index in [2.05, 4.69) is 14.9 Å². The topological polar surface area (TPSA) is 49.3 Å². The number of amides is 1. The lowest BCUT2D eigenvalue weighted by Gasteiger charge is -2.36. The highest BCUT2D eigenvalue weighted by Gasteiger charge is 2.24. The van der Waals surface area contributed by atoms with Gasteiger partial charge < -0.3 is 9.80 Å². The Bertz CT molecular complexity index is 689. The summed E-state index contributed by atoms with van der Waals surface area (Å²) < 4.78 is 13.6. The van der Waals surface area contributed by atoms with Gasteiger partial charge in [0.2, 0.25) is 0 Å². The standard InChI is InChI=1S/C15H14ClFN4O/c16-12-9-18-4-2-14(12)20-5-7-21(8-6-20)15(22)11-1-3-19-10-13(11)17/h1-4,9-10H,5-8H2. The summed E-state index contributed by atoms with van der Waals surface area (Å²) in [6.45, 7) is 2.31. The van der Waals surface area contributed by atoms with Crippen molar-refractivity contribution in [3.05, 3.63) is 53.3 Å². The minimum absolute atomic E-state index is 0.0605. The number of carbonyl (C=O) groups is 1. The van der Waals surface area contributed by atoms with Crippen LogP contribution in [-0.2, 0) is 0 Å². The van der Waals surface area contributed by atoms with E-state index < -0.39 is 5.82 Å². The zero-order valence-corrected chi connectivity index (χ0v) is 12.5. The van der Waals surface area contributed by atoms with E-state index in [-0.39, 0.29) is 11.5 Å². The molecular formula is C15H14ClFN4O. The molecule has 5 nitrogen and oxygen atoms in total. The van der Waals surface area contributed by atoms with Crippen molar-refractivity contribution in [3.63, 3.8) is 0 Å². The number of anilines is 1. The molecular weight excluding hydrogens is 307 g/mol. The number of nitrogens with zero attached hydrogens (tertiary/aromatic N) is 4. The average Bonchev–Trinajstić information content (AvgIpc) is 2.55. The van der Waals surface area contributed by atoms with Crippen LogP contribution < -0.4 is 4.90 Å². The number of pyridine rings is 2. The summed E-state index contributed by atoms with van der Waals surface area (Å²) in [7, 11) is 0. The summed E-state index contributed by atoms with van der Waals surface area (Å²) in [5.74, 6) is -0.896. The van der Waals surface area contributed by atoms with E-state index in [1.54, 1.807) is 17.3 Å². The lowest BCUT2D eigenvalue weighted by atomic mass is 10.2. The van der Waals surface area contributed by atoms with Crippen LogP contribution in [0.2, 0.25) is 5.02 Å². The van der Waals surface area contributed by atoms with Crippen molar-refractivity contribution in [1.29, 1.82) is 0 Å². The molecule has 2 aromatic heterocycles. The van der Waals surface area contributed by atoms with Gasteiger partial charge in [0, 0.05) is 44.8 Å². The van der Waals surface area contributed by atoms with Crippen LogP contribution in [0.4, 0.5) is 10.1 Å². The first-order valence-electron chi connectivity index (χ1n) is 6.90. The Labute approximate surface area is 132 Å². The first-order valence-corrected chi connectivity index (χ1v) is 7.28. The van der Waals surface area contributed by atoms with Gasteiger partial charge in [-0.3, -0.25) is 14.8 Å². The molecule has 0 aliphatic carbocycles. The fourth-order valence-corrected chi connectivity index (χ4v) is 2.73. The third kappa shape index (κ3) is 2.87. The second kappa shape index (κ2) is 6.27. The Balaban J connectivity index is 1.68. The van der Waals surface area contributed by atoms with Crippen molar-refractivity contribution in [1.82, 2.24) is 14.9 Å². The number of halogens is 2. The highest BCUT2D eigenvalue weighted by atomic mass is 35.5. The van der Waals surface area contributed by atoms with Crippen LogP contribution in [0.15, 0.2) is 36.9 Å². The lowest BCUT2D eigenvalue weighted by Crippen LogP contribution is -2.49. The number of hydrogen-bond acceptors (Lipinski definition) is 4. The van der Waals surface area contributed by atoms with Crippen molar-refractivity contribution < 1.29 is 9.18 Å². The third-order valence-corrected chi connectivity index (χ3v) is 3.95. The smallest absolute Gasteiger partial charge is 0.257 e. The molecule has 1 saturated heterocycles. The predicted octanol–water partition coefficient (Wildman–Crippen LogP) is 2.23. The van der Waals surface area contributed by atoms with Gasteiger partial charge in [0.15, 0.2) is 5.82 Å². The maximum absolute atomic E-state index is 13.6. The van der Waals surface area contributed by atoms with E-state index in [4.69, 9.17) is 11.6 Å². The highest BCUT2D eigenvalue weighted by Crippen LogP contribution is 2.25. The fourth-order valence-electron chi connectivity index (χ4n) is 2.49. The van der Waals surface area contributed by atoms with E-state index in [1.807, 2.05) is 6.07 Å². The second-order valence-corrected chi connectivity index (χ2v) is 5.37. The first kappa shape index (κ1) is 14.7. The van der Waals surface area contributed by atoms with Gasteiger partial charge in [-0.15, -0.1) is 0 Å². The molecule has 0 N–H and O–H groups in total. The van der Waals surface area contributed by atoms with Crippen LogP contribution in [0.3, 0.4) is 0 Å². The van der Waals surface area contributed by atoms with Gasteiger partial charge in [0.1, 0.15) is 0 Å². The minimum Gasteiger partial charge on any atom is -0.367 e. The zero-order chi connectivity index (χ0) is 15.5. The van der Waals surface area contributed by atoms with Gasteiger partial charge in [0.05, 0.1) is 22.5 Å². The highest BCUT2D eigenvalue weighted by molar-refractivity contribution is 6.33. The summed E-state index contributed by atoms with van der Waals surface area (Å²) >= 11 is 6.13. The van der Waals surface area contributed by atoms with Gasteiger partial charge in [-0.1, -0.05) is 11.6 Å². The van der Waals surface area contributed by atoms with Crippen LogP contribution in [0.5, 0.6) is 0 Å². The average molecular weight is 321 g/mol. The molecule has 3 rings (SSSR count). The maximum atomic E-state index is 13.6. The molecule has 22 heavy (non-hydrogen) atoms. The van der Waals surface area contributed by atoms with E-state index in [0.717, 1.165) is 11.9 Å². The minimum atomic E-state index is -0.591. The molecule has 0 saturated carbocycles. The molecule has 3 heterocycles. The van der Waals surface area contributed by atoms with Gasteiger partial charge in [-0.2, -0.15) is 0 Å². The molecule has 1 fully saturated rings. The van der Waals surface area contributed by atoms with Crippen molar-refractivity contribution in [2.75, 3.05) is 31.1 Å². The number of aromatic nitrogens is 2. The molecule has 0 unspecified atom stereocenters. The van der Waals surface area contributed by atoms with Crippen LogP contribution in [0.1, 0.15) is 10.4 Å². The Hall–Kier alpha value is -2.21. The zero-order valence-electron chi connectivity index (χ0n) is 11.7. The Morgan fingerprint density at radius 1 is 1.09 bits per heavy atom. The van der Waals surface area contributed by atoms with Crippen LogP contribution >= 0.6 is 11.6 Å². The lowest BCUT2D eigenvalue weighted by molar-refractivity contribution is 0.0742. The fraction of sp³-hybridized carbons (Fsp3) is 0.267. The van der Waals surface area contributed by atoms with Crippen molar-refractivity contribution in [2.24, 2.45) is 0 Å². The predicted molar refractivity (Wildman–Crippen MR) is 81.6 cm³/mol. The summed E-state index contributed by atoms with van der Waals surface area (Å²) in [6, 6.07) is 3.26. The molecule has 0 bridgehead atoms. The Morgan fingerprint density at radius 2 is 1.77 bits per heavy atom. The molecule has 1 amide bonds. The molecule has 2 aromatic rings. The summed E-state index contributed by atoms with van der Waals surface area (Å²) in [5, 5.41) is 0.586. The van der Waals surface area contributed by atoms with Crippen LogP contribution in [0, 0.1) is 5.82 Å². The number of piperazine rings is 1. The van der Waals surface area contributed by atoms with E-state index in [9.17, 15) is 9.18 Å². The van der Waals surface area contributed by atoms with Crippen molar-refractivity contribution >= 4 is 23.2 Å². The van der Waals surface area contributed by atoms with Crippen LogP contribution in [-0.4, -0.2) is 47.0 Å². The monoisotopic (exact) mass is 320 g/mol. The summed E-state index contributed by atoms with van der Waals surface area (Å²) in [5.41, 5.74) is 0.962. The molecule has 1 aliphatic heterocycles. The third-order valence-electron chi connectivity index (χ3n) is 3.66. The summed E-state index contributed by atoms with van der Waals surface area (Å²) in [6.07, 6.45) is 5.76.